The first-order chi connectivity index (χ1) is 16.0. The number of rotatable bonds is 7. The molecule has 1 saturated heterocycles. The van der Waals surface area contributed by atoms with Gasteiger partial charge in [-0.15, -0.1) is 0 Å². The van der Waals surface area contributed by atoms with Crippen LogP contribution in [0.5, 0.6) is 0 Å². The van der Waals surface area contributed by atoms with Crippen LogP contribution in [-0.2, 0) is 6.54 Å². The molecule has 0 bridgehead atoms. The van der Waals surface area contributed by atoms with Crippen molar-refractivity contribution < 1.29 is 9.72 Å². The van der Waals surface area contributed by atoms with E-state index in [2.05, 4.69) is 10.2 Å². The van der Waals surface area contributed by atoms with Gasteiger partial charge in [-0.1, -0.05) is 31.4 Å². The lowest BCUT2D eigenvalue weighted by molar-refractivity contribution is -0.384. The number of nitrogens with zero attached hydrogens (tertiary/aromatic N) is 3. The van der Waals surface area contributed by atoms with E-state index in [9.17, 15) is 14.9 Å². The molecule has 1 saturated carbocycles. The number of likely N-dealkylation sites (tertiary alicyclic amines) is 1. The molecule has 1 aliphatic carbocycles. The van der Waals surface area contributed by atoms with Crippen molar-refractivity contribution in [1.29, 1.82) is 0 Å². The summed E-state index contributed by atoms with van der Waals surface area (Å²) in [4.78, 5) is 30.7. The molecular formula is C26H34N4O3. The molecule has 4 rings (SSSR count). The highest BCUT2D eigenvalue weighted by molar-refractivity contribution is 5.95. The first-order valence-electron chi connectivity index (χ1n) is 12.2. The van der Waals surface area contributed by atoms with Gasteiger partial charge in [0.1, 0.15) is 0 Å². The normalized spacial score (nSPS) is 18.2. The molecule has 0 spiro atoms. The molecule has 176 valence electrons. The van der Waals surface area contributed by atoms with Crippen LogP contribution in [0.25, 0.3) is 0 Å². The number of nitro groups is 1. The van der Waals surface area contributed by atoms with Gasteiger partial charge in [-0.05, 0) is 69.3 Å². The van der Waals surface area contributed by atoms with Crippen molar-refractivity contribution in [1.82, 2.24) is 15.2 Å². The highest BCUT2D eigenvalue weighted by Crippen LogP contribution is 2.30. The van der Waals surface area contributed by atoms with E-state index < -0.39 is 0 Å². The lowest BCUT2D eigenvalue weighted by atomic mass is 9.88. The van der Waals surface area contributed by atoms with Gasteiger partial charge in [-0.3, -0.25) is 24.8 Å². The molecule has 33 heavy (non-hydrogen) atoms. The van der Waals surface area contributed by atoms with Crippen molar-refractivity contribution in [2.75, 3.05) is 19.6 Å². The minimum atomic E-state index is -0.368. The van der Waals surface area contributed by atoms with E-state index in [0.717, 1.165) is 61.5 Å². The number of non-ortho nitro benzene ring substituents is 1. The molecule has 1 aliphatic heterocycles. The zero-order valence-electron chi connectivity index (χ0n) is 19.5. The second-order valence-corrected chi connectivity index (χ2v) is 9.57. The Kier molecular flexibility index (Phi) is 7.70. The summed E-state index contributed by atoms with van der Waals surface area (Å²) in [7, 11) is 0. The molecule has 1 aromatic carbocycles. The van der Waals surface area contributed by atoms with Gasteiger partial charge in [-0.25, -0.2) is 0 Å². The molecule has 0 radical (unpaired) electrons. The molecule has 7 nitrogen and oxygen atoms in total. The number of benzene rings is 1. The Morgan fingerprint density at radius 1 is 1.06 bits per heavy atom. The van der Waals surface area contributed by atoms with Crippen LogP contribution in [0.1, 0.15) is 78.2 Å². The Morgan fingerprint density at radius 2 is 1.76 bits per heavy atom. The summed E-state index contributed by atoms with van der Waals surface area (Å²) in [6.07, 6.45) is 8.20. The first kappa shape index (κ1) is 23.4. The number of pyridine rings is 1. The number of hydrogen-bond donors (Lipinski definition) is 1. The number of carbonyl (C=O) groups excluding carboxylic acids is 1. The summed E-state index contributed by atoms with van der Waals surface area (Å²) in [6.45, 7) is 5.36. The smallest absolute Gasteiger partial charge is 0.269 e. The molecule has 1 aromatic heterocycles. The summed E-state index contributed by atoms with van der Waals surface area (Å²) in [5.74, 6) is 0.886. The predicted molar refractivity (Wildman–Crippen MR) is 128 cm³/mol. The number of aromatic nitrogens is 1. The Morgan fingerprint density at radius 3 is 2.42 bits per heavy atom. The fourth-order valence-corrected chi connectivity index (χ4v) is 5.15. The molecule has 2 aromatic rings. The van der Waals surface area contributed by atoms with Crippen molar-refractivity contribution >= 4 is 11.6 Å². The zero-order chi connectivity index (χ0) is 23.2. The van der Waals surface area contributed by atoms with Crippen LogP contribution in [0.2, 0.25) is 0 Å². The second-order valence-electron chi connectivity index (χ2n) is 9.57. The third kappa shape index (κ3) is 6.16. The Labute approximate surface area is 195 Å². The van der Waals surface area contributed by atoms with E-state index in [4.69, 9.17) is 4.98 Å². The largest absolute Gasteiger partial charge is 0.352 e. The maximum Gasteiger partial charge on any atom is 0.269 e. The van der Waals surface area contributed by atoms with E-state index in [0.29, 0.717) is 5.92 Å². The Balaban J connectivity index is 1.35. The van der Waals surface area contributed by atoms with Crippen molar-refractivity contribution in [3.8, 4) is 0 Å². The number of amides is 1. The summed E-state index contributed by atoms with van der Waals surface area (Å²) < 4.78 is 0. The summed E-state index contributed by atoms with van der Waals surface area (Å²) in [6, 6.07) is 10.7. The van der Waals surface area contributed by atoms with Gasteiger partial charge in [0.2, 0.25) is 0 Å². The molecule has 2 aliphatic rings. The molecule has 2 heterocycles. The van der Waals surface area contributed by atoms with Crippen molar-refractivity contribution in [3.05, 3.63) is 69.0 Å². The minimum absolute atomic E-state index is 0.0105. The topological polar surface area (TPSA) is 88.4 Å². The van der Waals surface area contributed by atoms with E-state index in [1.54, 1.807) is 12.1 Å². The Bertz CT molecular complexity index is 962. The van der Waals surface area contributed by atoms with Crippen LogP contribution in [0.15, 0.2) is 36.4 Å². The molecule has 1 amide bonds. The zero-order valence-corrected chi connectivity index (χ0v) is 19.5. The number of nitro benzene ring substituents is 1. The Hall–Kier alpha value is -2.80. The molecule has 0 atom stereocenters. The lowest BCUT2D eigenvalue weighted by Gasteiger charge is -2.32. The molecule has 0 unspecified atom stereocenters. The average Bonchev–Trinajstić information content (AvgIpc) is 2.84. The third-order valence-electron chi connectivity index (χ3n) is 7.11. The summed E-state index contributed by atoms with van der Waals surface area (Å²) in [5, 5.41) is 14.0. The van der Waals surface area contributed by atoms with E-state index in [-0.39, 0.29) is 22.4 Å². The van der Waals surface area contributed by atoms with E-state index >= 15 is 0 Å². The predicted octanol–water partition coefficient (Wildman–Crippen LogP) is 4.99. The van der Waals surface area contributed by atoms with Crippen LogP contribution in [0, 0.1) is 23.0 Å². The van der Waals surface area contributed by atoms with Crippen molar-refractivity contribution in [3.63, 3.8) is 0 Å². The number of aryl methyl sites for hydroxylation is 1. The quantitative estimate of drug-likeness (QED) is 0.474. The fraction of sp³-hybridized carbons (Fsp3) is 0.538. The standard InChI is InChI=1S/C26H34N4O3/c1-19-7-12-24(26(31)27-17-20-5-3-2-4-6-20)25(28-19)22-13-15-29(16-14-22)18-21-8-10-23(11-9-21)30(32)33/h7-12,20,22H,2-6,13-18H2,1H3,(H,27,31). The van der Waals surface area contributed by atoms with Crippen molar-refractivity contribution in [2.45, 2.75) is 64.3 Å². The highest BCUT2D eigenvalue weighted by Gasteiger charge is 2.26. The van der Waals surface area contributed by atoms with Gasteiger partial charge >= 0.3 is 0 Å². The molecular weight excluding hydrogens is 416 g/mol. The van der Waals surface area contributed by atoms with Gasteiger partial charge in [0.15, 0.2) is 0 Å². The maximum absolute atomic E-state index is 13.0. The highest BCUT2D eigenvalue weighted by atomic mass is 16.6. The third-order valence-corrected chi connectivity index (χ3v) is 7.11. The van der Waals surface area contributed by atoms with Crippen LogP contribution < -0.4 is 5.32 Å². The second kappa shape index (κ2) is 10.9. The van der Waals surface area contributed by atoms with Crippen LogP contribution >= 0.6 is 0 Å². The average molecular weight is 451 g/mol. The maximum atomic E-state index is 13.0. The van der Waals surface area contributed by atoms with Crippen LogP contribution in [0.3, 0.4) is 0 Å². The molecule has 7 heteroatoms. The summed E-state index contributed by atoms with van der Waals surface area (Å²) in [5.41, 5.74) is 3.81. The minimum Gasteiger partial charge on any atom is -0.352 e. The van der Waals surface area contributed by atoms with Gasteiger partial charge in [0.05, 0.1) is 16.2 Å². The molecule has 1 N–H and O–H groups in total. The first-order valence-corrected chi connectivity index (χ1v) is 12.2. The fourth-order valence-electron chi connectivity index (χ4n) is 5.15. The van der Waals surface area contributed by atoms with Gasteiger partial charge in [0.25, 0.3) is 11.6 Å². The van der Waals surface area contributed by atoms with Crippen molar-refractivity contribution in [2.24, 2.45) is 5.92 Å². The van der Waals surface area contributed by atoms with Gasteiger partial charge in [-0.2, -0.15) is 0 Å². The van der Waals surface area contributed by atoms with E-state index in [1.807, 2.05) is 31.2 Å². The lowest BCUT2D eigenvalue weighted by Crippen LogP contribution is -2.35. The van der Waals surface area contributed by atoms with E-state index in [1.165, 1.54) is 32.1 Å². The summed E-state index contributed by atoms with van der Waals surface area (Å²) >= 11 is 0. The SMILES string of the molecule is Cc1ccc(C(=O)NCC2CCCCC2)c(C2CCN(Cc3ccc([N+](=O)[O-])cc3)CC2)n1. The monoisotopic (exact) mass is 450 g/mol. The number of nitrogens with one attached hydrogen (secondary N) is 1. The number of piperidine rings is 1. The van der Waals surface area contributed by atoms with Crippen LogP contribution in [0.4, 0.5) is 5.69 Å². The number of hydrogen-bond acceptors (Lipinski definition) is 5. The van der Waals surface area contributed by atoms with Gasteiger partial charge in [0, 0.05) is 36.8 Å². The van der Waals surface area contributed by atoms with Crippen LogP contribution in [-0.4, -0.2) is 40.3 Å². The van der Waals surface area contributed by atoms with Gasteiger partial charge < -0.3 is 5.32 Å². The number of carbonyl (C=O) groups is 1. The molecule has 2 fully saturated rings.